The summed E-state index contributed by atoms with van der Waals surface area (Å²) in [5.74, 6) is 0.659. The first-order valence-corrected chi connectivity index (χ1v) is 7.73. The predicted molar refractivity (Wildman–Crippen MR) is 78.1 cm³/mol. The Labute approximate surface area is 118 Å². The molecule has 2 N–H and O–H groups in total. The maximum absolute atomic E-state index is 12.1. The number of hydrogen-bond donors (Lipinski definition) is 2. The Balaban J connectivity index is 2.13. The summed E-state index contributed by atoms with van der Waals surface area (Å²) in [6.07, 6.45) is 5.33. The Hall–Kier alpha value is -2.15. The van der Waals surface area contributed by atoms with Crippen LogP contribution in [0.25, 0.3) is 0 Å². The van der Waals surface area contributed by atoms with Crippen LogP contribution in [0.5, 0.6) is 0 Å². The summed E-state index contributed by atoms with van der Waals surface area (Å²) in [5, 5.41) is 3.09. The van der Waals surface area contributed by atoms with Crippen LogP contribution in [0.3, 0.4) is 0 Å². The van der Waals surface area contributed by atoms with Gasteiger partial charge in [-0.25, -0.2) is 13.4 Å². The second-order valence-electron chi connectivity index (χ2n) is 4.15. The molecule has 0 aliphatic carbocycles. The van der Waals surface area contributed by atoms with E-state index in [-0.39, 0.29) is 4.90 Å². The van der Waals surface area contributed by atoms with Crippen LogP contribution >= 0.6 is 0 Å². The van der Waals surface area contributed by atoms with Gasteiger partial charge in [-0.1, -0.05) is 6.92 Å². The maximum atomic E-state index is 12.1. The minimum Gasteiger partial charge on any atom is -0.370 e. The van der Waals surface area contributed by atoms with Crippen molar-refractivity contribution in [3.63, 3.8) is 0 Å². The molecule has 0 saturated carbocycles. The largest absolute Gasteiger partial charge is 0.370 e. The molecular formula is C13H16N4O2S. The summed E-state index contributed by atoms with van der Waals surface area (Å²) >= 11 is 0. The van der Waals surface area contributed by atoms with Crippen molar-refractivity contribution in [3.05, 3.63) is 42.9 Å². The number of hydrogen-bond acceptors (Lipinski definition) is 5. The number of aromatic nitrogens is 2. The van der Waals surface area contributed by atoms with Crippen molar-refractivity contribution < 1.29 is 8.42 Å². The zero-order valence-electron chi connectivity index (χ0n) is 11.1. The molecule has 2 aromatic rings. The number of sulfonamides is 1. The van der Waals surface area contributed by atoms with Crippen LogP contribution < -0.4 is 10.0 Å². The van der Waals surface area contributed by atoms with Crippen LogP contribution in [0.15, 0.2) is 47.8 Å². The Bertz CT molecular complexity index is 642. The highest BCUT2D eigenvalue weighted by Crippen LogP contribution is 2.15. The van der Waals surface area contributed by atoms with E-state index in [0.29, 0.717) is 11.5 Å². The summed E-state index contributed by atoms with van der Waals surface area (Å²) in [6, 6.07) is 6.46. The smallest absolute Gasteiger partial charge is 0.263 e. The molecule has 0 saturated heterocycles. The Morgan fingerprint density at radius 1 is 1.20 bits per heavy atom. The van der Waals surface area contributed by atoms with Gasteiger partial charge in [-0.15, -0.1) is 0 Å². The number of pyridine rings is 2. The average Bonchev–Trinajstić information content (AvgIpc) is 2.46. The van der Waals surface area contributed by atoms with Gasteiger partial charge in [0.05, 0.1) is 11.9 Å². The molecule has 0 aliphatic rings. The molecule has 0 spiro atoms. The highest BCUT2D eigenvalue weighted by Gasteiger charge is 2.14. The number of nitrogens with one attached hydrogen (secondary N) is 2. The molecule has 0 radical (unpaired) electrons. The normalized spacial score (nSPS) is 11.1. The maximum Gasteiger partial charge on any atom is 0.263 e. The lowest BCUT2D eigenvalue weighted by atomic mass is 10.4. The Morgan fingerprint density at radius 2 is 2.05 bits per heavy atom. The van der Waals surface area contributed by atoms with Crippen LogP contribution in [0.2, 0.25) is 0 Å². The summed E-state index contributed by atoms with van der Waals surface area (Å²) in [5.41, 5.74) is 0.417. The van der Waals surface area contributed by atoms with Crippen LogP contribution in [0.1, 0.15) is 13.3 Å². The van der Waals surface area contributed by atoms with E-state index in [1.54, 1.807) is 24.4 Å². The van der Waals surface area contributed by atoms with Gasteiger partial charge in [0, 0.05) is 18.9 Å². The van der Waals surface area contributed by atoms with Gasteiger partial charge in [-0.2, -0.15) is 0 Å². The second kappa shape index (κ2) is 6.33. The number of rotatable bonds is 6. The van der Waals surface area contributed by atoms with E-state index in [4.69, 9.17) is 0 Å². The van der Waals surface area contributed by atoms with Crippen LogP contribution in [0.4, 0.5) is 11.5 Å². The Morgan fingerprint density at radius 3 is 2.65 bits per heavy atom. The molecule has 2 aromatic heterocycles. The molecule has 0 unspecified atom stereocenters. The van der Waals surface area contributed by atoms with Gasteiger partial charge >= 0.3 is 0 Å². The first-order chi connectivity index (χ1) is 9.62. The third-order valence-electron chi connectivity index (χ3n) is 2.52. The van der Waals surface area contributed by atoms with E-state index in [0.717, 1.165) is 13.0 Å². The van der Waals surface area contributed by atoms with Crippen LogP contribution in [0, 0.1) is 0 Å². The fourth-order valence-corrected chi connectivity index (χ4v) is 2.52. The van der Waals surface area contributed by atoms with Crippen molar-refractivity contribution in [2.24, 2.45) is 0 Å². The molecule has 0 amide bonds. The van der Waals surface area contributed by atoms with E-state index < -0.39 is 10.0 Å². The van der Waals surface area contributed by atoms with Gasteiger partial charge in [0.2, 0.25) is 0 Å². The topological polar surface area (TPSA) is 84.0 Å². The van der Waals surface area contributed by atoms with Gasteiger partial charge < -0.3 is 5.32 Å². The molecule has 2 rings (SSSR count). The lowest BCUT2D eigenvalue weighted by Crippen LogP contribution is -2.13. The molecule has 2 heterocycles. The molecule has 6 nitrogen and oxygen atoms in total. The first kappa shape index (κ1) is 14.3. The highest BCUT2D eigenvalue weighted by atomic mass is 32.2. The zero-order chi connectivity index (χ0) is 14.4. The number of nitrogens with zero attached hydrogens (tertiary/aromatic N) is 2. The lowest BCUT2D eigenvalue weighted by molar-refractivity contribution is 0.601. The average molecular weight is 292 g/mol. The molecule has 0 bridgehead atoms. The van der Waals surface area contributed by atoms with Crippen molar-refractivity contribution in [1.29, 1.82) is 0 Å². The van der Waals surface area contributed by atoms with Gasteiger partial charge in [0.15, 0.2) is 0 Å². The van der Waals surface area contributed by atoms with E-state index in [1.807, 2.05) is 6.92 Å². The molecule has 0 aliphatic heterocycles. The van der Waals surface area contributed by atoms with Crippen LogP contribution in [-0.2, 0) is 10.0 Å². The Kier molecular flexibility index (Phi) is 4.52. The minimum absolute atomic E-state index is 0.114. The monoisotopic (exact) mass is 292 g/mol. The minimum atomic E-state index is -3.63. The van der Waals surface area contributed by atoms with E-state index in [1.165, 1.54) is 18.5 Å². The third kappa shape index (κ3) is 3.67. The van der Waals surface area contributed by atoms with E-state index in [9.17, 15) is 8.42 Å². The fourth-order valence-electron chi connectivity index (χ4n) is 1.53. The van der Waals surface area contributed by atoms with Crippen molar-refractivity contribution in [2.75, 3.05) is 16.6 Å². The fraction of sp³-hybridized carbons (Fsp3) is 0.231. The van der Waals surface area contributed by atoms with Crippen molar-refractivity contribution in [1.82, 2.24) is 9.97 Å². The summed E-state index contributed by atoms with van der Waals surface area (Å²) in [7, 11) is -3.63. The molecule has 0 aromatic carbocycles. The molecule has 0 fully saturated rings. The highest BCUT2D eigenvalue weighted by molar-refractivity contribution is 7.92. The molecule has 106 valence electrons. The van der Waals surface area contributed by atoms with Gasteiger partial charge in [-0.3, -0.25) is 9.71 Å². The van der Waals surface area contributed by atoms with E-state index in [2.05, 4.69) is 20.0 Å². The zero-order valence-corrected chi connectivity index (χ0v) is 11.9. The molecule has 0 atom stereocenters. The molecule has 7 heteroatoms. The summed E-state index contributed by atoms with van der Waals surface area (Å²) in [6.45, 7) is 2.84. The van der Waals surface area contributed by atoms with Gasteiger partial charge in [0.25, 0.3) is 10.0 Å². The number of anilines is 2. The van der Waals surface area contributed by atoms with Crippen molar-refractivity contribution >= 4 is 21.5 Å². The standard InChI is InChI=1S/C13H16N4O2S/c1-2-7-15-13-6-5-12(10-16-13)20(18,19)17-11-4-3-8-14-9-11/h3-6,8-10,17H,2,7H2,1H3,(H,15,16). The quantitative estimate of drug-likeness (QED) is 0.851. The molecule has 20 heavy (non-hydrogen) atoms. The molecular weight excluding hydrogens is 276 g/mol. The SMILES string of the molecule is CCCNc1ccc(S(=O)(=O)Nc2cccnc2)cn1. The van der Waals surface area contributed by atoms with Crippen LogP contribution in [-0.4, -0.2) is 24.9 Å². The predicted octanol–water partition coefficient (Wildman–Crippen LogP) is 2.10. The van der Waals surface area contributed by atoms with Gasteiger partial charge in [0.1, 0.15) is 10.7 Å². The van der Waals surface area contributed by atoms with Crippen molar-refractivity contribution in [3.8, 4) is 0 Å². The summed E-state index contributed by atoms with van der Waals surface area (Å²) < 4.78 is 26.7. The summed E-state index contributed by atoms with van der Waals surface area (Å²) in [4.78, 5) is 8.05. The van der Waals surface area contributed by atoms with Gasteiger partial charge in [-0.05, 0) is 30.7 Å². The third-order valence-corrected chi connectivity index (χ3v) is 3.88. The van der Waals surface area contributed by atoms with E-state index >= 15 is 0 Å². The second-order valence-corrected chi connectivity index (χ2v) is 5.84. The first-order valence-electron chi connectivity index (χ1n) is 6.24. The lowest BCUT2D eigenvalue weighted by Gasteiger charge is -2.08. The van der Waals surface area contributed by atoms with Crippen molar-refractivity contribution in [2.45, 2.75) is 18.2 Å².